The number of H-pyrrole nitrogens is 1. The number of hydrogen-bond acceptors (Lipinski definition) is 3. The van der Waals surface area contributed by atoms with E-state index >= 15 is 0 Å². The topological polar surface area (TPSA) is 67.0 Å². The molecule has 0 spiro atoms. The van der Waals surface area contributed by atoms with E-state index in [1.54, 1.807) is 12.4 Å². The average Bonchev–Trinajstić information content (AvgIpc) is 2.89. The summed E-state index contributed by atoms with van der Waals surface area (Å²) < 4.78 is 5.75. The van der Waals surface area contributed by atoms with Crippen LogP contribution >= 0.6 is 0 Å². The molecule has 0 bridgehead atoms. The van der Waals surface area contributed by atoms with Gasteiger partial charge in [0.25, 0.3) is 0 Å². The van der Waals surface area contributed by atoms with Gasteiger partial charge in [-0.25, -0.2) is 0 Å². The fraction of sp³-hybridized carbons (Fsp3) is 0.692. The second-order valence-corrected chi connectivity index (χ2v) is 4.84. The largest absolute Gasteiger partial charge is 0.368 e. The number of carbonyl (C=O) groups excluding carboxylic acids is 1. The Morgan fingerprint density at radius 1 is 1.56 bits per heavy atom. The van der Waals surface area contributed by atoms with E-state index in [1.807, 2.05) is 0 Å². The lowest BCUT2D eigenvalue weighted by Crippen LogP contribution is -2.30. The molecule has 1 aromatic rings. The minimum Gasteiger partial charge on any atom is -0.368 e. The molecule has 2 rings (SSSR count). The second-order valence-electron chi connectivity index (χ2n) is 4.84. The average molecular weight is 251 g/mol. The van der Waals surface area contributed by atoms with Crippen molar-refractivity contribution >= 4 is 11.6 Å². The Balaban J connectivity index is 1.74. The van der Waals surface area contributed by atoms with Crippen molar-refractivity contribution in [2.75, 3.05) is 11.9 Å². The van der Waals surface area contributed by atoms with Crippen LogP contribution in [0.15, 0.2) is 12.4 Å². The quantitative estimate of drug-likeness (QED) is 0.844. The molecule has 0 aromatic carbocycles. The standard InChI is InChI=1S/C13H21N3O2/c1-2-10-5-3-4-6-12(10)18-9-13(17)16-11-7-14-15-8-11/h7-8,10,12H,2-6,9H2,1H3,(H,14,15)(H,16,17). The van der Waals surface area contributed by atoms with Crippen LogP contribution < -0.4 is 5.32 Å². The van der Waals surface area contributed by atoms with Crippen molar-refractivity contribution in [1.82, 2.24) is 10.2 Å². The maximum absolute atomic E-state index is 11.7. The molecule has 2 N–H and O–H groups in total. The van der Waals surface area contributed by atoms with Crippen molar-refractivity contribution < 1.29 is 9.53 Å². The molecule has 2 unspecified atom stereocenters. The van der Waals surface area contributed by atoms with Crippen molar-refractivity contribution in [2.45, 2.75) is 45.1 Å². The van der Waals surface area contributed by atoms with Gasteiger partial charge >= 0.3 is 0 Å². The summed E-state index contributed by atoms with van der Waals surface area (Å²) in [6.45, 7) is 2.32. The van der Waals surface area contributed by atoms with Gasteiger partial charge in [0.2, 0.25) is 5.91 Å². The summed E-state index contributed by atoms with van der Waals surface area (Å²) in [7, 11) is 0. The third-order valence-electron chi connectivity index (χ3n) is 3.57. The van der Waals surface area contributed by atoms with Crippen LogP contribution in [-0.2, 0) is 9.53 Å². The van der Waals surface area contributed by atoms with Crippen molar-refractivity contribution in [1.29, 1.82) is 0 Å². The molecule has 1 aliphatic carbocycles. The van der Waals surface area contributed by atoms with Gasteiger partial charge in [-0.15, -0.1) is 0 Å². The Kier molecular flexibility index (Phi) is 4.75. The first-order chi connectivity index (χ1) is 8.79. The molecule has 1 amide bonds. The van der Waals surface area contributed by atoms with Gasteiger partial charge < -0.3 is 10.1 Å². The molecule has 0 saturated heterocycles. The fourth-order valence-electron chi connectivity index (χ4n) is 2.56. The summed E-state index contributed by atoms with van der Waals surface area (Å²) in [5.74, 6) is 0.498. The van der Waals surface area contributed by atoms with E-state index in [9.17, 15) is 4.79 Å². The summed E-state index contributed by atoms with van der Waals surface area (Å²) >= 11 is 0. The highest BCUT2D eigenvalue weighted by Gasteiger charge is 2.24. The van der Waals surface area contributed by atoms with Crippen LogP contribution in [0.25, 0.3) is 0 Å². The fourth-order valence-corrected chi connectivity index (χ4v) is 2.56. The maximum Gasteiger partial charge on any atom is 0.250 e. The van der Waals surface area contributed by atoms with E-state index in [4.69, 9.17) is 4.74 Å². The Morgan fingerprint density at radius 3 is 3.11 bits per heavy atom. The molecule has 100 valence electrons. The van der Waals surface area contributed by atoms with Crippen LogP contribution in [0.5, 0.6) is 0 Å². The summed E-state index contributed by atoms with van der Waals surface area (Å²) in [5, 5.41) is 9.16. The lowest BCUT2D eigenvalue weighted by molar-refractivity contribution is -0.124. The molecule has 0 aliphatic heterocycles. The van der Waals surface area contributed by atoms with Crippen molar-refractivity contribution in [3.8, 4) is 0 Å². The van der Waals surface area contributed by atoms with E-state index < -0.39 is 0 Å². The number of anilines is 1. The molecule has 1 fully saturated rings. The maximum atomic E-state index is 11.7. The molecule has 2 atom stereocenters. The van der Waals surface area contributed by atoms with E-state index in [0.29, 0.717) is 11.6 Å². The summed E-state index contributed by atoms with van der Waals surface area (Å²) in [4.78, 5) is 11.7. The summed E-state index contributed by atoms with van der Waals surface area (Å²) in [6, 6.07) is 0. The number of aromatic amines is 1. The summed E-state index contributed by atoms with van der Waals surface area (Å²) in [5.41, 5.74) is 0.680. The number of carbonyl (C=O) groups is 1. The molecule has 1 heterocycles. The van der Waals surface area contributed by atoms with E-state index in [0.717, 1.165) is 12.8 Å². The lowest BCUT2D eigenvalue weighted by atomic mass is 9.85. The Labute approximate surface area is 107 Å². The van der Waals surface area contributed by atoms with Gasteiger partial charge in [-0.05, 0) is 18.8 Å². The SMILES string of the molecule is CCC1CCCCC1OCC(=O)Nc1cn[nH]c1. The number of nitrogens with one attached hydrogen (secondary N) is 2. The molecule has 5 heteroatoms. The predicted octanol–water partition coefficient (Wildman–Crippen LogP) is 2.33. The highest BCUT2D eigenvalue weighted by atomic mass is 16.5. The molecular weight excluding hydrogens is 230 g/mol. The van der Waals surface area contributed by atoms with Gasteiger partial charge in [-0.3, -0.25) is 9.89 Å². The highest BCUT2D eigenvalue weighted by Crippen LogP contribution is 2.28. The van der Waals surface area contributed by atoms with Gasteiger partial charge in [-0.1, -0.05) is 26.2 Å². The van der Waals surface area contributed by atoms with E-state index in [-0.39, 0.29) is 18.6 Å². The highest BCUT2D eigenvalue weighted by molar-refractivity contribution is 5.91. The van der Waals surface area contributed by atoms with Crippen LogP contribution in [0.1, 0.15) is 39.0 Å². The number of hydrogen-bond donors (Lipinski definition) is 2. The Hall–Kier alpha value is -1.36. The van der Waals surface area contributed by atoms with Crippen LogP contribution in [-0.4, -0.2) is 28.8 Å². The molecule has 1 aliphatic rings. The predicted molar refractivity (Wildman–Crippen MR) is 69.2 cm³/mol. The number of aromatic nitrogens is 2. The minimum absolute atomic E-state index is 0.114. The monoisotopic (exact) mass is 251 g/mol. The first kappa shape index (κ1) is 13.1. The first-order valence-corrected chi connectivity index (χ1v) is 6.70. The molecule has 18 heavy (non-hydrogen) atoms. The zero-order valence-electron chi connectivity index (χ0n) is 10.8. The zero-order valence-corrected chi connectivity index (χ0v) is 10.8. The van der Waals surface area contributed by atoms with Gasteiger partial charge in [0.05, 0.1) is 18.0 Å². The third-order valence-corrected chi connectivity index (χ3v) is 3.57. The number of amides is 1. The van der Waals surface area contributed by atoms with E-state index in [2.05, 4.69) is 22.4 Å². The van der Waals surface area contributed by atoms with Crippen LogP contribution in [0.2, 0.25) is 0 Å². The zero-order chi connectivity index (χ0) is 12.8. The van der Waals surface area contributed by atoms with Crippen LogP contribution in [0.3, 0.4) is 0 Å². The lowest BCUT2D eigenvalue weighted by Gasteiger charge is -2.30. The van der Waals surface area contributed by atoms with Gasteiger partial charge in [-0.2, -0.15) is 5.10 Å². The Bertz CT molecular complexity index is 364. The molecule has 1 saturated carbocycles. The molecule has 1 aromatic heterocycles. The molecular formula is C13H21N3O2. The minimum atomic E-state index is -0.114. The van der Waals surface area contributed by atoms with Crippen LogP contribution in [0.4, 0.5) is 5.69 Å². The van der Waals surface area contributed by atoms with Gasteiger partial charge in [0.15, 0.2) is 0 Å². The van der Waals surface area contributed by atoms with Gasteiger partial charge in [0, 0.05) is 6.20 Å². The molecule has 0 radical (unpaired) electrons. The number of ether oxygens (including phenoxy) is 1. The van der Waals surface area contributed by atoms with Crippen LogP contribution in [0, 0.1) is 5.92 Å². The molecule has 5 nitrogen and oxygen atoms in total. The summed E-state index contributed by atoms with van der Waals surface area (Å²) in [6.07, 6.45) is 9.42. The number of nitrogens with zero attached hydrogens (tertiary/aromatic N) is 1. The smallest absolute Gasteiger partial charge is 0.250 e. The van der Waals surface area contributed by atoms with Crippen molar-refractivity contribution in [3.05, 3.63) is 12.4 Å². The number of rotatable bonds is 5. The normalized spacial score (nSPS) is 23.8. The Morgan fingerprint density at radius 2 is 2.39 bits per heavy atom. The van der Waals surface area contributed by atoms with Crippen molar-refractivity contribution in [3.63, 3.8) is 0 Å². The van der Waals surface area contributed by atoms with Crippen molar-refractivity contribution in [2.24, 2.45) is 5.92 Å². The third kappa shape index (κ3) is 3.57. The first-order valence-electron chi connectivity index (χ1n) is 6.70. The van der Waals surface area contributed by atoms with Gasteiger partial charge in [0.1, 0.15) is 6.61 Å². The second kappa shape index (κ2) is 6.54. The van der Waals surface area contributed by atoms with E-state index in [1.165, 1.54) is 19.3 Å².